The third kappa shape index (κ3) is 1.84. The first-order chi connectivity index (χ1) is 3.93. The molecule has 1 rings (SSSR count). The molecule has 1 saturated carbocycles. The van der Waals surface area contributed by atoms with Crippen molar-refractivity contribution in [2.75, 3.05) is 0 Å². The van der Waals surface area contributed by atoms with E-state index < -0.39 is 21.1 Å². The molecule has 2 heteroatoms. The molecule has 0 heterocycles. The van der Waals surface area contributed by atoms with Gasteiger partial charge in [-0.1, -0.05) is 0 Å². The fraction of sp³-hybridized carbons (Fsp3) is 1.00. The van der Waals surface area contributed by atoms with Crippen LogP contribution in [0.25, 0.3) is 0 Å². The van der Waals surface area contributed by atoms with Crippen molar-refractivity contribution in [2.24, 2.45) is 0 Å². The van der Waals surface area contributed by atoms with Crippen molar-refractivity contribution < 1.29 is 3.08 Å². The molecule has 0 amide bonds. The summed E-state index contributed by atoms with van der Waals surface area (Å²) in [5.41, 5.74) is 0. The molecule has 1 aliphatic rings. The van der Waals surface area contributed by atoms with Crippen LogP contribution < -0.4 is 0 Å². The van der Waals surface area contributed by atoms with Gasteiger partial charge in [-0.3, -0.25) is 0 Å². The van der Waals surface area contributed by atoms with Crippen LogP contribution in [-0.4, -0.2) is 21.1 Å². The van der Waals surface area contributed by atoms with Crippen LogP contribution in [0.4, 0.5) is 0 Å². The summed E-state index contributed by atoms with van der Waals surface area (Å²) in [5, 5.41) is 0. The zero-order valence-electron chi connectivity index (χ0n) is 5.10. The van der Waals surface area contributed by atoms with Gasteiger partial charge < -0.3 is 0 Å². The number of hydrogen-bond acceptors (Lipinski definition) is 1. The van der Waals surface area contributed by atoms with Gasteiger partial charge in [-0.2, -0.15) is 0 Å². The zero-order valence-corrected chi connectivity index (χ0v) is 8.39. The Morgan fingerprint density at radius 2 is 1.75 bits per heavy atom. The molecule has 0 aromatic carbocycles. The fourth-order valence-electron chi connectivity index (χ4n) is 1.27. The Morgan fingerprint density at radius 3 is 2.12 bits per heavy atom. The predicted octanol–water partition coefficient (Wildman–Crippen LogP) is 1.52. The molecule has 0 unspecified atom stereocenters. The number of hydrogen-bond donors (Lipinski definition) is 0. The minimum atomic E-state index is -1.27. The summed E-state index contributed by atoms with van der Waals surface area (Å²) >= 11 is -1.27. The van der Waals surface area contributed by atoms with Gasteiger partial charge in [0.2, 0.25) is 0 Å². The zero-order chi connectivity index (χ0) is 5.82. The Kier molecular flexibility index (Phi) is 3.01. The molecular weight excluding hydrogens is 207 g/mol. The van der Waals surface area contributed by atoms with E-state index in [1.54, 1.807) is 0 Å². The molecule has 1 fully saturated rings. The van der Waals surface area contributed by atoms with Crippen LogP contribution in [0.1, 0.15) is 32.1 Å². The van der Waals surface area contributed by atoms with Crippen molar-refractivity contribution in [1.82, 2.24) is 0 Å². The molecule has 46 valence electrons. The van der Waals surface area contributed by atoms with Crippen LogP contribution in [-0.2, 0) is 3.08 Å². The second-order valence-corrected chi connectivity index (χ2v) is 6.00. The van der Waals surface area contributed by atoms with Crippen molar-refractivity contribution in [1.29, 1.82) is 0 Å². The molecule has 1 aliphatic carbocycles. The van der Waals surface area contributed by atoms with E-state index in [0.717, 1.165) is 3.93 Å². The van der Waals surface area contributed by atoms with E-state index in [4.69, 9.17) is 0 Å². The first-order valence-electron chi connectivity index (χ1n) is 3.39. The molecule has 0 N–H and O–H groups in total. The predicted molar refractivity (Wildman–Crippen MR) is 34.7 cm³/mol. The Bertz CT molecular complexity index is 76.6. The molecule has 0 saturated heterocycles. The summed E-state index contributed by atoms with van der Waals surface area (Å²) in [6.45, 7) is 0. The first-order valence-corrected chi connectivity index (χ1v) is 6.63. The van der Waals surface area contributed by atoms with E-state index in [0.29, 0.717) is 0 Å². The Morgan fingerprint density at radius 1 is 1.12 bits per heavy atom. The molecule has 0 radical (unpaired) electrons. The van der Waals surface area contributed by atoms with Crippen LogP contribution >= 0.6 is 0 Å². The van der Waals surface area contributed by atoms with E-state index in [2.05, 4.69) is 0 Å². The maximum absolute atomic E-state index is 10.5. The van der Waals surface area contributed by atoms with Gasteiger partial charge in [-0.15, -0.1) is 0 Å². The molecule has 0 atom stereocenters. The second kappa shape index (κ2) is 3.59. The average molecular weight is 219 g/mol. The van der Waals surface area contributed by atoms with Gasteiger partial charge in [0.25, 0.3) is 0 Å². The quantitative estimate of drug-likeness (QED) is 0.611. The Labute approximate surface area is 60.5 Å². The Hall–Kier alpha value is 0.599. The molecule has 0 aromatic rings. The van der Waals surface area contributed by atoms with E-state index >= 15 is 0 Å². The SMILES string of the molecule is [O]=[SnH][CH]1CCCCC1. The van der Waals surface area contributed by atoms with Crippen LogP contribution in [0.15, 0.2) is 0 Å². The van der Waals surface area contributed by atoms with Gasteiger partial charge in [0.05, 0.1) is 0 Å². The molecule has 0 spiro atoms. The van der Waals surface area contributed by atoms with E-state index in [9.17, 15) is 3.08 Å². The maximum atomic E-state index is 10.5. The van der Waals surface area contributed by atoms with Crippen LogP contribution in [0.5, 0.6) is 0 Å². The van der Waals surface area contributed by atoms with Crippen LogP contribution in [0, 0.1) is 0 Å². The molecule has 8 heavy (non-hydrogen) atoms. The molecule has 0 aromatic heterocycles. The van der Waals surface area contributed by atoms with Crippen molar-refractivity contribution in [3.8, 4) is 0 Å². The van der Waals surface area contributed by atoms with Gasteiger partial charge in [0, 0.05) is 0 Å². The summed E-state index contributed by atoms with van der Waals surface area (Å²) in [6, 6.07) is 0. The normalized spacial score (nSPS) is 23.0. The summed E-state index contributed by atoms with van der Waals surface area (Å²) in [7, 11) is 0. The molecule has 0 bridgehead atoms. The van der Waals surface area contributed by atoms with Crippen LogP contribution in [0.3, 0.4) is 0 Å². The van der Waals surface area contributed by atoms with Crippen molar-refractivity contribution in [2.45, 2.75) is 36.0 Å². The summed E-state index contributed by atoms with van der Waals surface area (Å²) < 4.78 is 11.2. The van der Waals surface area contributed by atoms with Crippen molar-refractivity contribution in [3.63, 3.8) is 0 Å². The third-order valence-corrected chi connectivity index (χ3v) is 4.84. The van der Waals surface area contributed by atoms with Gasteiger partial charge in [-0.05, 0) is 0 Å². The van der Waals surface area contributed by atoms with E-state index in [1.165, 1.54) is 32.1 Å². The standard InChI is InChI=1S/C6H11.O.Sn.H/c1-2-4-6-5-3-1;;;/h1H,2-6H2;;;. The minimum absolute atomic E-state index is 0.721. The monoisotopic (exact) mass is 220 g/mol. The summed E-state index contributed by atoms with van der Waals surface area (Å²) in [4.78, 5) is 0. The average Bonchev–Trinajstić information content (AvgIpc) is 1.90. The van der Waals surface area contributed by atoms with E-state index in [-0.39, 0.29) is 0 Å². The van der Waals surface area contributed by atoms with Gasteiger partial charge >= 0.3 is 60.2 Å². The van der Waals surface area contributed by atoms with Crippen molar-refractivity contribution in [3.05, 3.63) is 0 Å². The fourth-order valence-corrected chi connectivity index (χ4v) is 3.39. The topological polar surface area (TPSA) is 17.1 Å². The van der Waals surface area contributed by atoms with Gasteiger partial charge in [-0.25, -0.2) is 0 Å². The van der Waals surface area contributed by atoms with Gasteiger partial charge in [0.15, 0.2) is 0 Å². The molecular formula is C6H12OSn. The van der Waals surface area contributed by atoms with E-state index in [1.807, 2.05) is 0 Å². The summed E-state index contributed by atoms with van der Waals surface area (Å²) in [6.07, 6.45) is 6.64. The van der Waals surface area contributed by atoms with Gasteiger partial charge in [0.1, 0.15) is 0 Å². The molecule has 1 nitrogen and oxygen atoms in total. The summed E-state index contributed by atoms with van der Waals surface area (Å²) in [5.74, 6) is 0. The molecule has 0 aliphatic heterocycles. The third-order valence-electron chi connectivity index (χ3n) is 1.84. The van der Waals surface area contributed by atoms with Crippen molar-refractivity contribution >= 4 is 21.1 Å². The first kappa shape index (κ1) is 6.71. The number of rotatable bonds is 1. The Balaban J connectivity index is 2.22. The van der Waals surface area contributed by atoms with Crippen LogP contribution in [0.2, 0.25) is 3.93 Å². The second-order valence-electron chi connectivity index (χ2n) is 2.53.